The van der Waals surface area contributed by atoms with Crippen molar-refractivity contribution in [2.45, 2.75) is 38.9 Å². The van der Waals surface area contributed by atoms with Gasteiger partial charge in [-0.25, -0.2) is 0 Å². The molecule has 0 aromatic carbocycles. The molecule has 0 unspecified atom stereocenters. The maximum Gasteiger partial charge on any atom is 0.0967 e. The van der Waals surface area contributed by atoms with Crippen molar-refractivity contribution < 1.29 is 0 Å². The molecular weight excluding hydrogens is 240 g/mol. The lowest BCUT2D eigenvalue weighted by atomic mass is 10.0. The summed E-state index contributed by atoms with van der Waals surface area (Å²) in [4.78, 5) is 4.92. The molecule has 1 aliphatic rings. The summed E-state index contributed by atoms with van der Waals surface area (Å²) in [5.74, 6) is 0. The fourth-order valence-corrected chi connectivity index (χ4v) is 2.71. The van der Waals surface area contributed by atoms with Crippen molar-refractivity contribution in [3.8, 4) is 0 Å². The van der Waals surface area contributed by atoms with Crippen molar-refractivity contribution >= 4 is 0 Å². The minimum Gasteiger partial charge on any atom is -0.329 e. The smallest absolute Gasteiger partial charge is 0.0967 e. The van der Waals surface area contributed by atoms with Crippen LogP contribution in [0.3, 0.4) is 0 Å². The molecule has 1 saturated heterocycles. The van der Waals surface area contributed by atoms with Gasteiger partial charge in [0.1, 0.15) is 0 Å². The van der Waals surface area contributed by atoms with Gasteiger partial charge in [0.25, 0.3) is 0 Å². The van der Waals surface area contributed by atoms with E-state index in [4.69, 9.17) is 5.73 Å². The van der Waals surface area contributed by atoms with Gasteiger partial charge in [0.2, 0.25) is 0 Å². The van der Waals surface area contributed by atoms with Gasteiger partial charge in [-0.05, 0) is 39.5 Å². The Hall–Kier alpha value is -0.980. The molecule has 1 aromatic rings. The highest BCUT2D eigenvalue weighted by Gasteiger charge is 2.22. The van der Waals surface area contributed by atoms with E-state index in [-0.39, 0.29) is 0 Å². The number of likely N-dealkylation sites (tertiary alicyclic amines) is 1. The third-order valence-electron chi connectivity index (χ3n) is 3.98. The molecule has 1 aromatic heterocycles. The third kappa shape index (κ3) is 3.99. The lowest BCUT2D eigenvalue weighted by Gasteiger charge is -2.35. The van der Waals surface area contributed by atoms with Crippen LogP contribution in [0.5, 0.6) is 0 Å². The van der Waals surface area contributed by atoms with Crippen LogP contribution in [0.2, 0.25) is 0 Å². The fraction of sp³-hybridized carbons (Fsp3) is 0.846. The molecule has 108 valence electrons. The SMILES string of the molecule is CCN1CCC(N(C)Cc2cn(CCN)nn2)CC1. The van der Waals surface area contributed by atoms with E-state index in [1.165, 1.54) is 32.5 Å². The molecule has 0 atom stereocenters. The summed E-state index contributed by atoms with van der Waals surface area (Å²) in [6.07, 6.45) is 4.51. The van der Waals surface area contributed by atoms with Gasteiger partial charge in [0.05, 0.1) is 12.2 Å². The maximum atomic E-state index is 5.51. The molecule has 0 radical (unpaired) electrons. The molecule has 2 rings (SSSR count). The zero-order chi connectivity index (χ0) is 13.7. The number of piperidine rings is 1. The van der Waals surface area contributed by atoms with Crippen LogP contribution in [0.25, 0.3) is 0 Å². The first-order chi connectivity index (χ1) is 9.22. The normalized spacial score (nSPS) is 18.3. The Labute approximate surface area is 115 Å². The first-order valence-corrected chi connectivity index (χ1v) is 7.24. The van der Waals surface area contributed by atoms with Crippen LogP contribution in [-0.2, 0) is 13.1 Å². The fourth-order valence-electron chi connectivity index (χ4n) is 2.71. The molecule has 6 nitrogen and oxygen atoms in total. The number of hydrogen-bond donors (Lipinski definition) is 1. The van der Waals surface area contributed by atoms with Crippen molar-refractivity contribution in [1.82, 2.24) is 24.8 Å². The summed E-state index contributed by atoms with van der Waals surface area (Å²) < 4.78 is 1.82. The van der Waals surface area contributed by atoms with Crippen molar-refractivity contribution in [3.05, 3.63) is 11.9 Å². The van der Waals surface area contributed by atoms with E-state index in [9.17, 15) is 0 Å². The van der Waals surface area contributed by atoms with E-state index in [0.717, 1.165) is 18.8 Å². The molecule has 2 N–H and O–H groups in total. The summed E-state index contributed by atoms with van der Waals surface area (Å²) in [5, 5.41) is 8.29. The zero-order valence-electron chi connectivity index (χ0n) is 12.1. The highest BCUT2D eigenvalue weighted by molar-refractivity contribution is 4.93. The average Bonchev–Trinajstić information content (AvgIpc) is 2.86. The molecule has 6 heteroatoms. The Morgan fingerprint density at radius 1 is 1.42 bits per heavy atom. The van der Waals surface area contributed by atoms with E-state index in [1.807, 2.05) is 10.9 Å². The Balaban J connectivity index is 1.81. The molecular formula is C13H26N6. The second kappa shape index (κ2) is 6.98. The summed E-state index contributed by atoms with van der Waals surface area (Å²) in [6.45, 7) is 8.06. The van der Waals surface area contributed by atoms with Crippen LogP contribution in [0.1, 0.15) is 25.5 Å². The van der Waals surface area contributed by atoms with E-state index in [0.29, 0.717) is 12.6 Å². The van der Waals surface area contributed by atoms with Crippen LogP contribution in [0.4, 0.5) is 0 Å². The second-order valence-electron chi connectivity index (χ2n) is 5.34. The van der Waals surface area contributed by atoms with Crippen LogP contribution in [-0.4, -0.2) is 64.1 Å². The monoisotopic (exact) mass is 266 g/mol. The summed E-state index contributed by atoms with van der Waals surface area (Å²) in [7, 11) is 2.19. The number of aromatic nitrogens is 3. The number of nitrogens with two attached hydrogens (primary N) is 1. The van der Waals surface area contributed by atoms with E-state index < -0.39 is 0 Å². The molecule has 19 heavy (non-hydrogen) atoms. The van der Waals surface area contributed by atoms with Gasteiger partial charge in [-0.3, -0.25) is 9.58 Å². The molecule has 0 spiro atoms. The topological polar surface area (TPSA) is 63.2 Å². The Morgan fingerprint density at radius 3 is 2.79 bits per heavy atom. The van der Waals surface area contributed by atoms with E-state index in [2.05, 4.69) is 34.1 Å². The van der Waals surface area contributed by atoms with E-state index in [1.54, 1.807) is 0 Å². The summed E-state index contributed by atoms with van der Waals surface area (Å²) in [5.41, 5.74) is 6.55. The van der Waals surface area contributed by atoms with Gasteiger partial charge < -0.3 is 10.6 Å². The Morgan fingerprint density at radius 2 is 2.16 bits per heavy atom. The molecule has 0 aliphatic carbocycles. The first-order valence-electron chi connectivity index (χ1n) is 7.24. The predicted molar refractivity (Wildman–Crippen MR) is 75.7 cm³/mol. The van der Waals surface area contributed by atoms with Crippen LogP contribution in [0, 0.1) is 0 Å². The van der Waals surface area contributed by atoms with Gasteiger partial charge in [0, 0.05) is 25.3 Å². The van der Waals surface area contributed by atoms with Crippen LogP contribution < -0.4 is 5.73 Å². The maximum absolute atomic E-state index is 5.51. The second-order valence-corrected chi connectivity index (χ2v) is 5.34. The summed E-state index contributed by atoms with van der Waals surface area (Å²) in [6, 6.07) is 0.669. The lowest BCUT2D eigenvalue weighted by molar-refractivity contribution is 0.126. The standard InChI is InChI=1S/C13H26N6/c1-3-18-7-4-13(5-8-18)17(2)10-12-11-19(9-6-14)16-15-12/h11,13H,3-10,14H2,1-2H3. The molecule has 0 amide bonds. The zero-order valence-corrected chi connectivity index (χ0v) is 12.1. The van der Waals surface area contributed by atoms with Gasteiger partial charge in [0.15, 0.2) is 0 Å². The first kappa shape index (κ1) is 14.4. The van der Waals surface area contributed by atoms with Crippen molar-refractivity contribution in [2.24, 2.45) is 5.73 Å². The van der Waals surface area contributed by atoms with Gasteiger partial charge in [-0.2, -0.15) is 0 Å². The van der Waals surface area contributed by atoms with Gasteiger partial charge in [-0.1, -0.05) is 12.1 Å². The Bertz CT molecular complexity index is 369. The van der Waals surface area contributed by atoms with Gasteiger partial charge >= 0.3 is 0 Å². The molecule has 2 heterocycles. The average molecular weight is 266 g/mol. The van der Waals surface area contributed by atoms with E-state index >= 15 is 0 Å². The van der Waals surface area contributed by atoms with Crippen LogP contribution >= 0.6 is 0 Å². The number of nitrogens with zero attached hydrogens (tertiary/aromatic N) is 5. The molecule has 0 bridgehead atoms. The van der Waals surface area contributed by atoms with Crippen molar-refractivity contribution in [2.75, 3.05) is 33.2 Å². The predicted octanol–water partition coefficient (Wildman–Crippen LogP) is 0.153. The largest absolute Gasteiger partial charge is 0.329 e. The molecule has 1 aliphatic heterocycles. The quantitative estimate of drug-likeness (QED) is 0.794. The highest BCUT2D eigenvalue weighted by Crippen LogP contribution is 2.16. The summed E-state index contributed by atoms with van der Waals surface area (Å²) >= 11 is 0. The van der Waals surface area contributed by atoms with Crippen molar-refractivity contribution in [1.29, 1.82) is 0 Å². The lowest BCUT2D eigenvalue weighted by Crippen LogP contribution is -2.42. The van der Waals surface area contributed by atoms with Crippen molar-refractivity contribution in [3.63, 3.8) is 0 Å². The minimum absolute atomic E-state index is 0.605. The number of rotatable bonds is 6. The van der Waals surface area contributed by atoms with Gasteiger partial charge in [-0.15, -0.1) is 5.10 Å². The van der Waals surface area contributed by atoms with Crippen LogP contribution in [0.15, 0.2) is 6.20 Å². The third-order valence-corrected chi connectivity index (χ3v) is 3.98. The molecule has 0 saturated carbocycles. The minimum atomic E-state index is 0.605. The Kier molecular flexibility index (Phi) is 5.30. The molecule has 1 fully saturated rings. The number of hydrogen-bond acceptors (Lipinski definition) is 5. The highest BCUT2D eigenvalue weighted by atomic mass is 15.4.